The molecular weight excluding hydrogens is 299 g/mol. The minimum Gasteiger partial charge on any atom is -0.355 e. The zero-order valence-corrected chi connectivity index (χ0v) is 13.0. The normalized spacial score (nSPS) is 11.1. The molecule has 0 aromatic heterocycles. The average Bonchev–Trinajstić information content (AvgIpc) is 2.50. The molecule has 0 aliphatic carbocycles. The van der Waals surface area contributed by atoms with Gasteiger partial charge in [0.2, 0.25) is 0 Å². The predicted octanol–water partition coefficient (Wildman–Crippen LogP) is 5.45. The van der Waals surface area contributed by atoms with E-state index in [4.69, 9.17) is 11.6 Å². The largest absolute Gasteiger partial charge is 0.355 e. The molecule has 0 saturated carbocycles. The van der Waals surface area contributed by atoms with Crippen molar-refractivity contribution in [3.8, 4) is 0 Å². The molecule has 0 saturated heterocycles. The average molecular weight is 315 g/mol. The minimum absolute atomic E-state index is 0.272. The summed E-state index contributed by atoms with van der Waals surface area (Å²) in [5, 5.41) is 3.81. The van der Waals surface area contributed by atoms with E-state index < -0.39 is 0 Å². The van der Waals surface area contributed by atoms with Gasteiger partial charge in [-0.15, -0.1) is 0 Å². The second-order valence-electron chi connectivity index (χ2n) is 4.80. The maximum Gasteiger partial charge on any atom is 0.126 e. The number of anilines is 1. The van der Waals surface area contributed by atoms with Crippen molar-refractivity contribution in [3.63, 3.8) is 0 Å². The van der Waals surface area contributed by atoms with E-state index in [-0.39, 0.29) is 5.82 Å². The first-order chi connectivity index (χ1) is 10.5. The molecule has 112 valence electrons. The molecule has 0 fully saturated rings. The van der Waals surface area contributed by atoms with Gasteiger partial charge in [-0.1, -0.05) is 30.3 Å². The molecule has 0 spiro atoms. The quantitative estimate of drug-likeness (QED) is 0.575. The monoisotopic (exact) mass is 314 g/mol. The molecule has 0 unspecified atom stereocenters. The number of allylic oxidation sites excluding steroid dienone is 1. The molecule has 2 aromatic rings. The summed E-state index contributed by atoms with van der Waals surface area (Å²) in [6.45, 7) is 9.18. The molecule has 2 nitrogen and oxygen atoms in total. The minimum atomic E-state index is -0.272. The zero-order valence-electron chi connectivity index (χ0n) is 12.2. The van der Waals surface area contributed by atoms with Crippen molar-refractivity contribution in [3.05, 3.63) is 82.9 Å². The van der Waals surface area contributed by atoms with E-state index in [2.05, 4.69) is 23.6 Å². The van der Waals surface area contributed by atoms with Gasteiger partial charge < -0.3 is 5.32 Å². The predicted molar refractivity (Wildman–Crippen MR) is 92.9 cm³/mol. The standard InChI is InChI=1S/C18H16ClFN2/c1-12-4-5-14(10-18(12)20)17(11-21-3)13(2)22-16-8-6-15(19)7-9-16/h4-11,22H,2-3H2,1H3/b17-11+. The highest BCUT2D eigenvalue weighted by Gasteiger charge is 2.09. The first-order valence-electron chi connectivity index (χ1n) is 6.65. The second kappa shape index (κ2) is 7.05. The van der Waals surface area contributed by atoms with E-state index >= 15 is 0 Å². The van der Waals surface area contributed by atoms with Gasteiger partial charge in [-0.3, -0.25) is 4.99 Å². The molecule has 0 radical (unpaired) electrons. The van der Waals surface area contributed by atoms with Crippen LogP contribution in [-0.4, -0.2) is 6.72 Å². The van der Waals surface area contributed by atoms with Crippen LogP contribution in [0.5, 0.6) is 0 Å². The lowest BCUT2D eigenvalue weighted by atomic mass is 10.0. The third-order valence-corrected chi connectivity index (χ3v) is 3.42. The summed E-state index contributed by atoms with van der Waals surface area (Å²) in [4.78, 5) is 3.78. The first kappa shape index (κ1) is 16.0. The number of hydrogen-bond donors (Lipinski definition) is 1. The van der Waals surface area contributed by atoms with Crippen LogP contribution in [0.15, 0.2) is 65.9 Å². The summed E-state index contributed by atoms with van der Waals surface area (Å²) in [6, 6.07) is 12.2. The maximum atomic E-state index is 13.8. The van der Waals surface area contributed by atoms with Crippen molar-refractivity contribution in [1.29, 1.82) is 0 Å². The summed E-state index contributed by atoms with van der Waals surface area (Å²) < 4.78 is 13.8. The number of rotatable bonds is 5. The molecule has 2 rings (SSSR count). The Morgan fingerprint density at radius 2 is 1.91 bits per heavy atom. The van der Waals surface area contributed by atoms with Gasteiger partial charge in [-0.25, -0.2) is 4.39 Å². The van der Waals surface area contributed by atoms with Gasteiger partial charge in [0.1, 0.15) is 5.82 Å². The maximum absolute atomic E-state index is 13.8. The Morgan fingerprint density at radius 3 is 2.50 bits per heavy atom. The lowest BCUT2D eigenvalue weighted by Gasteiger charge is -2.14. The fraction of sp³-hybridized carbons (Fsp3) is 0.0556. The van der Waals surface area contributed by atoms with Gasteiger partial charge in [0, 0.05) is 28.2 Å². The van der Waals surface area contributed by atoms with Crippen LogP contribution < -0.4 is 5.32 Å². The second-order valence-corrected chi connectivity index (χ2v) is 5.24. The topological polar surface area (TPSA) is 24.4 Å². The molecule has 0 bridgehead atoms. The highest BCUT2D eigenvalue weighted by atomic mass is 35.5. The van der Waals surface area contributed by atoms with Crippen LogP contribution in [0.2, 0.25) is 5.02 Å². The highest BCUT2D eigenvalue weighted by Crippen LogP contribution is 2.26. The number of nitrogens with one attached hydrogen (secondary N) is 1. The van der Waals surface area contributed by atoms with Crippen molar-refractivity contribution < 1.29 is 4.39 Å². The van der Waals surface area contributed by atoms with E-state index in [1.54, 1.807) is 31.3 Å². The Bertz CT molecular complexity index is 733. The van der Waals surface area contributed by atoms with Crippen LogP contribution in [-0.2, 0) is 0 Å². The van der Waals surface area contributed by atoms with Crippen LogP contribution >= 0.6 is 11.6 Å². The Morgan fingerprint density at radius 1 is 1.23 bits per heavy atom. The molecule has 0 aliphatic rings. The fourth-order valence-corrected chi connectivity index (χ4v) is 2.08. The van der Waals surface area contributed by atoms with Crippen LogP contribution in [0.3, 0.4) is 0 Å². The molecule has 1 N–H and O–H groups in total. The molecular formula is C18H16ClFN2. The third kappa shape index (κ3) is 3.83. The van der Waals surface area contributed by atoms with E-state index in [0.29, 0.717) is 27.4 Å². The van der Waals surface area contributed by atoms with Crippen molar-refractivity contribution in [2.45, 2.75) is 6.92 Å². The number of aryl methyl sites for hydroxylation is 1. The van der Waals surface area contributed by atoms with E-state index in [1.165, 1.54) is 6.07 Å². The summed E-state index contributed by atoms with van der Waals surface area (Å²) in [5.74, 6) is -0.272. The van der Waals surface area contributed by atoms with Gasteiger partial charge >= 0.3 is 0 Å². The van der Waals surface area contributed by atoms with Crippen LogP contribution in [0.25, 0.3) is 5.57 Å². The van der Waals surface area contributed by atoms with Gasteiger partial charge in [-0.2, -0.15) is 0 Å². The van der Waals surface area contributed by atoms with Crippen molar-refractivity contribution in [2.24, 2.45) is 4.99 Å². The summed E-state index contributed by atoms with van der Waals surface area (Å²) in [5.41, 5.74) is 3.37. The zero-order chi connectivity index (χ0) is 16.1. The molecule has 0 aliphatic heterocycles. The van der Waals surface area contributed by atoms with Crippen LogP contribution in [0, 0.1) is 12.7 Å². The van der Waals surface area contributed by atoms with Crippen molar-refractivity contribution in [1.82, 2.24) is 0 Å². The van der Waals surface area contributed by atoms with Gasteiger partial charge in [-0.05, 0) is 55.1 Å². The Balaban J connectivity index is 2.29. The molecule has 4 heteroatoms. The highest BCUT2D eigenvalue weighted by molar-refractivity contribution is 6.30. The van der Waals surface area contributed by atoms with Gasteiger partial charge in [0.05, 0.1) is 0 Å². The van der Waals surface area contributed by atoms with Gasteiger partial charge in [0.25, 0.3) is 0 Å². The Kier molecular flexibility index (Phi) is 5.12. The number of nitrogens with zero attached hydrogens (tertiary/aromatic N) is 1. The first-order valence-corrected chi connectivity index (χ1v) is 7.03. The molecule has 2 aromatic carbocycles. The summed E-state index contributed by atoms with van der Waals surface area (Å²) in [7, 11) is 0. The van der Waals surface area contributed by atoms with Crippen molar-refractivity contribution in [2.75, 3.05) is 5.32 Å². The SMILES string of the molecule is C=N/C=C(\C(=C)Nc1ccc(Cl)cc1)c1ccc(C)c(F)c1. The summed E-state index contributed by atoms with van der Waals surface area (Å²) >= 11 is 5.86. The molecule has 0 amide bonds. The Labute approximate surface area is 134 Å². The van der Waals surface area contributed by atoms with E-state index in [9.17, 15) is 4.39 Å². The fourth-order valence-electron chi connectivity index (χ4n) is 1.95. The Hall–Kier alpha value is -2.39. The lowest BCUT2D eigenvalue weighted by molar-refractivity contribution is 0.618. The van der Waals surface area contributed by atoms with Crippen LogP contribution in [0.4, 0.5) is 10.1 Å². The van der Waals surface area contributed by atoms with Crippen molar-refractivity contribution >= 4 is 29.6 Å². The number of benzene rings is 2. The number of aliphatic imine (C=N–C) groups is 1. The van der Waals surface area contributed by atoms with E-state index in [0.717, 1.165) is 5.69 Å². The van der Waals surface area contributed by atoms with Crippen LogP contribution in [0.1, 0.15) is 11.1 Å². The van der Waals surface area contributed by atoms with E-state index in [1.807, 2.05) is 18.2 Å². The molecule has 0 atom stereocenters. The lowest BCUT2D eigenvalue weighted by Crippen LogP contribution is -2.01. The number of hydrogen-bond acceptors (Lipinski definition) is 2. The number of halogens is 2. The summed E-state index contributed by atoms with van der Waals surface area (Å²) in [6.07, 6.45) is 1.55. The third-order valence-electron chi connectivity index (χ3n) is 3.17. The molecule has 0 heterocycles. The molecule has 22 heavy (non-hydrogen) atoms. The van der Waals surface area contributed by atoms with Gasteiger partial charge in [0.15, 0.2) is 0 Å². The smallest absolute Gasteiger partial charge is 0.126 e.